The SMILES string of the molecule is CC(C)n1cc(C(=O)O)c(=O)n(-c2ccc(F)cc2)c1=O.Cn1cnc(-c2cc(Oc3ccc(N)cc3O)c3ccnn3c2)c1. The van der Waals surface area contributed by atoms with Gasteiger partial charge >= 0.3 is 11.7 Å². The van der Waals surface area contributed by atoms with E-state index in [0.29, 0.717) is 17.2 Å². The van der Waals surface area contributed by atoms with Crippen molar-refractivity contribution < 1.29 is 24.1 Å². The Morgan fingerprint density at radius 1 is 1.00 bits per heavy atom. The van der Waals surface area contributed by atoms with Crippen molar-refractivity contribution in [1.29, 1.82) is 0 Å². The van der Waals surface area contributed by atoms with Crippen LogP contribution in [0.5, 0.6) is 17.2 Å². The van der Waals surface area contributed by atoms with E-state index < -0.39 is 28.6 Å². The van der Waals surface area contributed by atoms with E-state index in [9.17, 15) is 23.9 Å². The molecule has 4 heterocycles. The highest BCUT2D eigenvalue weighted by molar-refractivity contribution is 5.86. The summed E-state index contributed by atoms with van der Waals surface area (Å²) < 4.78 is 24.3. The number of carbonyl (C=O) groups is 1. The number of nitrogens with two attached hydrogens (primary N) is 1. The fraction of sp³-hybridized carbons (Fsp3) is 0.129. The number of benzene rings is 2. The fourth-order valence-electron chi connectivity index (χ4n) is 4.43. The van der Waals surface area contributed by atoms with Gasteiger partial charge in [-0.15, -0.1) is 0 Å². The van der Waals surface area contributed by atoms with Gasteiger partial charge in [0.2, 0.25) is 0 Å². The number of halogens is 1. The molecule has 0 aliphatic rings. The van der Waals surface area contributed by atoms with E-state index in [2.05, 4.69) is 10.1 Å². The van der Waals surface area contributed by atoms with Crippen molar-refractivity contribution in [2.45, 2.75) is 19.9 Å². The number of ether oxygens (including phenoxy) is 1. The molecule has 230 valence electrons. The molecule has 4 N–H and O–H groups in total. The number of aryl methyl sites for hydroxylation is 1. The molecule has 0 spiro atoms. The van der Waals surface area contributed by atoms with Crippen LogP contribution in [0.4, 0.5) is 10.1 Å². The summed E-state index contributed by atoms with van der Waals surface area (Å²) in [4.78, 5) is 40.0. The molecule has 0 bridgehead atoms. The second-order valence-corrected chi connectivity index (χ2v) is 10.3. The molecule has 0 fully saturated rings. The molecule has 6 rings (SSSR count). The Morgan fingerprint density at radius 3 is 2.36 bits per heavy atom. The first-order valence-electron chi connectivity index (χ1n) is 13.5. The zero-order valence-electron chi connectivity index (χ0n) is 24.3. The highest BCUT2D eigenvalue weighted by atomic mass is 19.1. The monoisotopic (exact) mass is 613 g/mol. The van der Waals surface area contributed by atoms with Gasteiger partial charge in [0.1, 0.15) is 16.9 Å². The Morgan fingerprint density at radius 2 is 1.73 bits per heavy atom. The first-order chi connectivity index (χ1) is 21.4. The van der Waals surface area contributed by atoms with Crippen LogP contribution >= 0.6 is 0 Å². The normalized spacial score (nSPS) is 11.0. The molecule has 0 aliphatic carbocycles. The molecular formula is C31H28FN7O6. The van der Waals surface area contributed by atoms with Gasteiger partial charge in [0.05, 0.1) is 23.9 Å². The number of anilines is 1. The minimum absolute atomic E-state index is 0.0177. The lowest BCUT2D eigenvalue weighted by Crippen LogP contribution is -2.41. The van der Waals surface area contributed by atoms with Crippen molar-refractivity contribution in [3.8, 4) is 34.2 Å². The summed E-state index contributed by atoms with van der Waals surface area (Å²) in [5.74, 6) is -1.08. The van der Waals surface area contributed by atoms with Gasteiger partial charge in [-0.2, -0.15) is 5.10 Å². The van der Waals surface area contributed by atoms with E-state index >= 15 is 0 Å². The Kier molecular flexibility index (Phi) is 8.21. The standard InChI is InChI=1S/C17H15N5O2.C14H13FN2O4/c1-21-9-13(19-10-21)11-6-17(14-4-5-20-22(14)8-11)24-16-3-2-12(18)7-15(16)23;1-8(2)16-7-11(13(19)20)12(18)17(14(16)21)10-5-3-9(15)4-6-10/h2-10,23H,18H2,1H3;3-8H,1-2H3,(H,19,20). The zero-order valence-corrected chi connectivity index (χ0v) is 24.3. The number of phenolic OH excluding ortho intramolecular Hbond substituents is 1. The number of aromatic carboxylic acids is 1. The summed E-state index contributed by atoms with van der Waals surface area (Å²) >= 11 is 0. The van der Waals surface area contributed by atoms with Gasteiger partial charge in [0, 0.05) is 49.0 Å². The number of hydrogen-bond donors (Lipinski definition) is 3. The largest absolute Gasteiger partial charge is 0.504 e. The highest BCUT2D eigenvalue weighted by Crippen LogP contribution is 2.35. The third kappa shape index (κ3) is 6.29. The Bertz CT molecular complexity index is 2150. The van der Waals surface area contributed by atoms with Crippen molar-refractivity contribution in [3.05, 3.63) is 118 Å². The van der Waals surface area contributed by atoms with Crippen LogP contribution in [0, 0.1) is 5.82 Å². The molecule has 0 unspecified atom stereocenters. The highest BCUT2D eigenvalue weighted by Gasteiger charge is 2.19. The molecule has 0 saturated heterocycles. The number of carboxylic acid groups (broad SMARTS) is 1. The van der Waals surface area contributed by atoms with Crippen LogP contribution in [0.25, 0.3) is 22.5 Å². The summed E-state index contributed by atoms with van der Waals surface area (Å²) in [6, 6.07) is 12.8. The van der Waals surface area contributed by atoms with Gasteiger partial charge in [-0.3, -0.25) is 9.36 Å². The third-order valence-electron chi connectivity index (χ3n) is 6.66. The van der Waals surface area contributed by atoms with Crippen molar-refractivity contribution in [3.63, 3.8) is 0 Å². The Balaban J connectivity index is 0.000000180. The molecule has 13 nitrogen and oxygen atoms in total. The van der Waals surface area contributed by atoms with Crippen LogP contribution in [0.3, 0.4) is 0 Å². The van der Waals surface area contributed by atoms with Gasteiger partial charge in [-0.25, -0.2) is 28.0 Å². The predicted molar refractivity (Wildman–Crippen MR) is 164 cm³/mol. The third-order valence-corrected chi connectivity index (χ3v) is 6.66. The van der Waals surface area contributed by atoms with Crippen LogP contribution in [0.1, 0.15) is 30.2 Å². The molecule has 0 amide bonds. The number of nitrogen functional groups attached to an aromatic ring is 1. The van der Waals surface area contributed by atoms with E-state index in [1.165, 1.54) is 18.2 Å². The molecule has 14 heteroatoms. The van der Waals surface area contributed by atoms with Gasteiger partial charge < -0.3 is 25.3 Å². The number of nitrogens with zero attached hydrogens (tertiary/aromatic N) is 6. The minimum Gasteiger partial charge on any atom is -0.504 e. The summed E-state index contributed by atoms with van der Waals surface area (Å²) in [6.45, 7) is 3.37. The summed E-state index contributed by atoms with van der Waals surface area (Å²) in [6.07, 6.45) is 8.24. The summed E-state index contributed by atoms with van der Waals surface area (Å²) in [7, 11) is 1.91. The molecule has 0 atom stereocenters. The maximum atomic E-state index is 13.0. The molecule has 0 radical (unpaired) electrons. The number of fused-ring (bicyclic) bond motifs is 1. The maximum absolute atomic E-state index is 13.0. The molecule has 6 aromatic rings. The number of pyridine rings is 1. The minimum atomic E-state index is -1.43. The van der Waals surface area contributed by atoms with Gasteiger partial charge in [0.25, 0.3) is 5.56 Å². The number of phenols is 1. The molecule has 0 saturated carbocycles. The van der Waals surface area contributed by atoms with E-state index in [4.69, 9.17) is 15.6 Å². The average Bonchev–Trinajstić information content (AvgIpc) is 3.65. The van der Waals surface area contributed by atoms with Crippen LogP contribution in [0.2, 0.25) is 0 Å². The lowest BCUT2D eigenvalue weighted by molar-refractivity contribution is 0.0693. The van der Waals surface area contributed by atoms with Crippen molar-refractivity contribution in [2.75, 3.05) is 5.73 Å². The molecule has 0 aliphatic heterocycles. The maximum Gasteiger partial charge on any atom is 0.342 e. The summed E-state index contributed by atoms with van der Waals surface area (Å²) in [5, 5.41) is 23.4. The Hall–Kier alpha value is -6.18. The van der Waals surface area contributed by atoms with Crippen molar-refractivity contribution in [1.82, 2.24) is 28.3 Å². The quantitative estimate of drug-likeness (QED) is 0.232. The lowest BCUT2D eigenvalue weighted by atomic mass is 10.2. The number of imidazole rings is 1. The van der Waals surface area contributed by atoms with E-state index in [0.717, 1.165) is 44.2 Å². The number of carboxylic acids is 1. The van der Waals surface area contributed by atoms with E-state index in [1.54, 1.807) is 43.0 Å². The average molecular weight is 614 g/mol. The van der Waals surface area contributed by atoms with Gasteiger partial charge in [-0.05, 0) is 62.4 Å². The van der Waals surface area contributed by atoms with Crippen LogP contribution in [0.15, 0.2) is 95.3 Å². The first-order valence-corrected chi connectivity index (χ1v) is 13.5. The van der Waals surface area contributed by atoms with Crippen LogP contribution in [-0.2, 0) is 7.05 Å². The van der Waals surface area contributed by atoms with Crippen LogP contribution < -0.4 is 21.7 Å². The fourth-order valence-corrected chi connectivity index (χ4v) is 4.43. The predicted octanol–water partition coefficient (Wildman–Crippen LogP) is 4.23. The number of aromatic nitrogens is 6. The first kappa shape index (κ1) is 30.3. The molecule has 2 aromatic carbocycles. The van der Waals surface area contributed by atoms with Gasteiger partial charge in [0.15, 0.2) is 17.2 Å². The molecule has 4 aromatic heterocycles. The number of rotatable bonds is 6. The molecular weight excluding hydrogens is 585 g/mol. The van der Waals surface area contributed by atoms with Gasteiger partial charge in [-0.1, -0.05) is 0 Å². The number of aromatic hydroxyl groups is 1. The topological polar surface area (TPSA) is 172 Å². The second-order valence-electron chi connectivity index (χ2n) is 10.3. The van der Waals surface area contributed by atoms with Crippen LogP contribution in [-0.4, -0.2) is 44.5 Å². The van der Waals surface area contributed by atoms with E-state index in [1.807, 2.05) is 36.1 Å². The van der Waals surface area contributed by atoms with Crippen molar-refractivity contribution in [2.24, 2.45) is 7.05 Å². The number of hydrogen-bond acceptors (Lipinski definition) is 8. The molecule has 45 heavy (non-hydrogen) atoms. The van der Waals surface area contributed by atoms with E-state index in [-0.39, 0.29) is 17.5 Å². The summed E-state index contributed by atoms with van der Waals surface area (Å²) in [5.41, 5.74) is 6.55. The van der Waals surface area contributed by atoms with Crippen molar-refractivity contribution >= 4 is 17.2 Å². The smallest absolute Gasteiger partial charge is 0.342 e. The zero-order chi connectivity index (χ0) is 32.4. The second kappa shape index (κ2) is 12.2. The lowest BCUT2D eigenvalue weighted by Gasteiger charge is -2.14. The Labute approximate surface area is 254 Å².